The fraction of sp³-hybridized carbons (Fsp3) is 0.211. The average molecular weight is 1450 g/mol. The second-order valence-electron chi connectivity index (χ2n) is 38.4. The van der Waals surface area contributed by atoms with Gasteiger partial charge in [0, 0.05) is 71.7 Å². The smallest absolute Gasteiger partial charge is 0.226 e. The summed E-state index contributed by atoms with van der Waals surface area (Å²) in [5.41, 5.74) is 42.0. The van der Waals surface area contributed by atoms with Crippen molar-refractivity contribution in [2.75, 3.05) is 0 Å². The molecule has 113 heavy (non-hydrogen) atoms. The maximum Gasteiger partial charge on any atom is 0.226 e. The fourth-order valence-electron chi connectivity index (χ4n) is 24.1. The van der Waals surface area contributed by atoms with Crippen molar-refractivity contribution in [2.45, 2.75) is 137 Å². The van der Waals surface area contributed by atoms with E-state index in [1.54, 1.807) is 0 Å². The topological polar surface area (TPSA) is 13.8 Å². The Hall–Kier alpha value is -11.7. The molecule has 544 valence electrons. The number of benzene rings is 12. The first-order valence-electron chi connectivity index (χ1n) is 41.5. The van der Waals surface area contributed by atoms with Crippen LogP contribution < -0.4 is 10.9 Å². The van der Waals surface area contributed by atoms with E-state index in [9.17, 15) is 0 Å². The van der Waals surface area contributed by atoms with E-state index in [1.165, 1.54) is 232 Å². The van der Waals surface area contributed by atoms with E-state index in [1.807, 2.05) is 0 Å². The molecule has 12 aromatic carbocycles. The van der Waals surface area contributed by atoms with Crippen LogP contribution in [0, 0.1) is 10.8 Å². The normalized spacial score (nSPS) is 17.7. The highest BCUT2D eigenvalue weighted by atomic mass is 15.0. The summed E-state index contributed by atoms with van der Waals surface area (Å²) in [5, 5.41) is 12.8. The highest BCUT2D eigenvalue weighted by Crippen LogP contribution is 2.67. The van der Waals surface area contributed by atoms with E-state index in [2.05, 4.69) is 358 Å². The van der Waals surface area contributed by atoms with Gasteiger partial charge in [-0.3, -0.25) is 0 Å². The van der Waals surface area contributed by atoms with Gasteiger partial charge in [0.15, 0.2) is 0 Å². The van der Waals surface area contributed by atoms with Gasteiger partial charge in [0.2, 0.25) is 6.71 Å². The van der Waals surface area contributed by atoms with Crippen LogP contribution in [0.25, 0.3) is 144 Å². The summed E-state index contributed by atoms with van der Waals surface area (Å²) >= 11 is 0. The fourth-order valence-corrected chi connectivity index (χ4v) is 24.1. The molecule has 2 atom stereocenters. The lowest BCUT2D eigenvalue weighted by atomic mass is 9.29. The van der Waals surface area contributed by atoms with Gasteiger partial charge in [0.1, 0.15) is 0 Å². The Morgan fingerprint density at radius 1 is 0.425 bits per heavy atom. The third-order valence-electron chi connectivity index (χ3n) is 28.7. The van der Waals surface area contributed by atoms with E-state index in [0.29, 0.717) is 0 Å². The summed E-state index contributed by atoms with van der Waals surface area (Å²) in [7, 11) is 0. The number of aromatic nitrogens is 3. The Bertz CT molecular complexity index is 7400. The van der Waals surface area contributed by atoms with Crippen molar-refractivity contribution in [3.63, 3.8) is 0 Å². The number of para-hydroxylation sites is 2. The number of fused-ring (bicyclic) bond motifs is 28. The van der Waals surface area contributed by atoms with Gasteiger partial charge in [0.05, 0.1) is 32.9 Å². The van der Waals surface area contributed by atoms with Gasteiger partial charge >= 0.3 is 0 Å². The zero-order valence-electron chi connectivity index (χ0n) is 67.1. The molecule has 0 amide bonds. The Kier molecular flexibility index (Phi) is 12.7. The predicted molar refractivity (Wildman–Crippen MR) is 481 cm³/mol. The van der Waals surface area contributed by atoms with E-state index in [0.717, 1.165) is 24.8 Å². The molecule has 8 aliphatic rings. The van der Waals surface area contributed by atoms with Crippen LogP contribution in [0.5, 0.6) is 0 Å². The molecule has 0 fully saturated rings. The van der Waals surface area contributed by atoms with Gasteiger partial charge in [-0.15, -0.1) is 0 Å². The lowest BCUT2D eigenvalue weighted by Gasteiger charge is -2.41. The molecular weight excluding hydrogens is 1360 g/mol. The highest BCUT2D eigenvalue weighted by Gasteiger charge is 2.55. The number of hydrogen-bond acceptors (Lipinski definition) is 0. The number of nitrogens with zero attached hydrogens (tertiary/aromatic N) is 3. The molecule has 6 aliphatic carbocycles. The van der Waals surface area contributed by atoms with Crippen molar-refractivity contribution in [2.24, 2.45) is 10.8 Å². The quantitative estimate of drug-likeness (QED) is 0.157. The molecule has 2 spiro atoms. The van der Waals surface area contributed by atoms with Crippen LogP contribution in [0.1, 0.15) is 187 Å². The van der Waals surface area contributed by atoms with Crippen LogP contribution in [0.3, 0.4) is 0 Å². The molecule has 24 rings (SSSR count). The maximum atomic E-state index is 4.72. The van der Waals surface area contributed by atoms with Gasteiger partial charge in [-0.05, 0) is 216 Å². The summed E-state index contributed by atoms with van der Waals surface area (Å²) in [5.74, 6) is 0.120. The first-order chi connectivity index (χ1) is 54.5. The third-order valence-corrected chi connectivity index (χ3v) is 28.7. The molecule has 4 aromatic heterocycles. The SMILES string of the molecule is C=CC1=C(/C=C\C)C2(c3ccccc31)c1c3cccc1c1c2cccc1c1cc2c(cc1C(C)(C)C)c1c4n2c2cc(cc5c2B(c2cc(C(C)(C)C)cc6c7c(n-5c26)CCC(C(C)(C)C)=C7)C4CC(C(C)(C)C)=C1)n1c2c(-c4cccc5c4C4(c6ccccc6-c6ccccc64)c4ccccc4-5)cccc2c2cccc3c21. The van der Waals surface area contributed by atoms with Crippen molar-refractivity contribution >= 4 is 122 Å². The van der Waals surface area contributed by atoms with Crippen LogP contribution >= 0.6 is 0 Å². The van der Waals surface area contributed by atoms with Crippen LogP contribution in [-0.2, 0) is 28.1 Å². The Labute approximate surface area is 662 Å². The molecule has 0 radical (unpaired) electrons. The molecule has 0 N–H and O–H groups in total. The lowest BCUT2D eigenvalue weighted by molar-refractivity contribution is 0.479. The minimum atomic E-state index is -0.755. The summed E-state index contributed by atoms with van der Waals surface area (Å²) in [4.78, 5) is 0. The average Bonchev–Trinajstić information content (AvgIpc) is 1.53. The first kappa shape index (κ1) is 65.9. The standard InChI is InChI=1S/C109H90BN3/c1-15-30-83-64(16-2)65-31-17-21-44-84(65)109(83)88-48-29-35-69-78-59-93-80(58-89(78)107(12,13)14)82-53-62(106(9,10)11)55-91-103(82)113(93)95-57-63(56-94-99(95)110(91)90-54-61(105(6,7)8)52-81-79-51-60(104(3,4)5)49-50-92(79)112(94)102(81)90)111-100-73(39-27-41-75(100)76-42-28-40-74(101(76)111)72-38-26-43-77(96(69)88)98(72)109)71-37-25-36-70-68-34-20-24-47-87(68)108(97(70)71)85-45-22-18-32-66(85)67-33-19-23-46-86(67)108/h15-48,51-54,56-59,91H,2,49-50,55H2,1,3-14H3/b30-15-. The molecular formula is C109H90BN3. The highest BCUT2D eigenvalue weighted by molar-refractivity contribution is 6.91. The van der Waals surface area contributed by atoms with Gasteiger partial charge in [-0.25, -0.2) is 0 Å². The molecule has 2 aliphatic heterocycles. The number of rotatable bonds is 3. The second-order valence-corrected chi connectivity index (χ2v) is 38.4. The van der Waals surface area contributed by atoms with Crippen molar-refractivity contribution in [3.8, 4) is 39.1 Å². The zero-order valence-corrected chi connectivity index (χ0v) is 67.1. The molecule has 2 unspecified atom stereocenters. The van der Waals surface area contributed by atoms with E-state index in [4.69, 9.17) is 6.58 Å². The largest absolute Gasteiger partial charge is 0.314 e. The predicted octanol–water partition coefficient (Wildman–Crippen LogP) is 26.7. The summed E-state index contributed by atoms with van der Waals surface area (Å²) in [6.07, 6.45) is 15.1. The molecule has 0 saturated heterocycles. The van der Waals surface area contributed by atoms with Gasteiger partial charge in [-0.2, -0.15) is 0 Å². The minimum Gasteiger partial charge on any atom is -0.314 e. The van der Waals surface area contributed by atoms with Crippen LogP contribution in [-0.4, -0.2) is 20.1 Å². The van der Waals surface area contributed by atoms with Gasteiger partial charge in [-0.1, -0.05) is 325 Å². The summed E-state index contributed by atoms with van der Waals surface area (Å²) < 4.78 is 8.57. The van der Waals surface area contributed by atoms with E-state index < -0.39 is 10.8 Å². The molecule has 0 saturated carbocycles. The molecule has 16 aromatic rings. The second kappa shape index (κ2) is 21.7. The maximum absolute atomic E-state index is 4.72. The van der Waals surface area contributed by atoms with Gasteiger partial charge < -0.3 is 13.4 Å². The van der Waals surface area contributed by atoms with E-state index >= 15 is 0 Å². The molecule has 6 heterocycles. The first-order valence-corrected chi connectivity index (χ1v) is 41.5. The summed E-state index contributed by atoms with van der Waals surface area (Å²) in [6.45, 7) is 36.4. The van der Waals surface area contributed by atoms with Crippen molar-refractivity contribution in [1.29, 1.82) is 0 Å². The number of hydrogen-bond donors (Lipinski definition) is 0. The Morgan fingerprint density at radius 3 is 1.65 bits per heavy atom. The molecule has 8 bridgehead atoms. The van der Waals surface area contributed by atoms with Crippen LogP contribution in [0.15, 0.2) is 266 Å². The summed E-state index contributed by atoms with van der Waals surface area (Å²) in [6, 6.07) is 90.3. The van der Waals surface area contributed by atoms with Gasteiger partial charge in [0.25, 0.3) is 0 Å². The van der Waals surface area contributed by atoms with Crippen molar-refractivity contribution in [3.05, 3.63) is 344 Å². The number of allylic oxidation sites excluding steroid dienone is 7. The van der Waals surface area contributed by atoms with E-state index in [-0.39, 0.29) is 34.2 Å². The van der Waals surface area contributed by atoms with Crippen LogP contribution in [0.2, 0.25) is 0 Å². The van der Waals surface area contributed by atoms with Crippen LogP contribution in [0.4, 0.5) is 0 Å². The van der Waals surface area contributed by atoms with Crippen molar-refractivity contribution in [1.82, 2.24) is 13.4 Å². The Morgan fingerprint density at radius 2 is 0.982 bits per heavy atom. The molecule has 4 heteroatoms. The Balaban J connectivity index is 0.989. The van der Waals surface area contributed by atoms with Crippen molar-refractivity contribution < 1.29 is 0 Å². The zero-order chi connectivity index (χ0) is 76.5. The lowest BCUT2D eigenvalue weighted by Crippen LogP contribution is -2.55. The minimum absolute atomic E-state index is 0.00538. The third kappa shape index (κ3) is 7.99. The monoisotopic (exact) mass is 1450 g/mol. The molecule has 3 nitrogen and oxygen atoms in total.